The summed E-state index contributed by atoms with van der Waals surface area (Å²) in [6, 6.07) is 21.3. The number of benzene rings is 2. The van der Waals surface area contributed by atoms with Crippen molar-refractivity contribution in [2.75, 3.05) is 0 Å². The molecule has 0 radical (unpaired) electrons. The first-order valence-corrected chi connectivity index (χ1v) is 19.0. The Bertz CT molecular complexity index is 1260. The van der Waals surface area contributed by atoms with Crippen LogP contribution >= 0.6 is 0 Å². The lowest BCUT2D eigenvalue weighted by molar-refractivity contribution is -0.535. The number of rotatable bonds is 9. The number of hydrogen-bond donors (Lipinski definition) is 0. The van der Waals surface area contributed by atoms with Gasteiger partial charge in [0.25, 0.3) is 0 Å². The van der Waals surface area contributed by atoms with E-state index in [4.69, 9.17) is 25.9 Å². The molecule has 2 aromatic carbocycles. The molecule has 0 N–H and O–H groups in total. The summed E-state index contributed by atoms with van der Waals surface area (Å²) in [7, 11) is -12.2. The lowest BCUT2D eigenvalue weighted by Gasteiger charge is -2.08. The van der Waals surface area contributed by atoms with Crippen molar-refractivity contribution >= 4 is 20.2 Å². The van der Waals surface area contributed by atoms with Crippen LogP contribution in [0.5, 0.6) is 0 Å². The van der Waals surface area contributed by atoms with E-state index in [1.54, 1.807) is 0 Å². The van der Waals surface area contributed by atoms with Gasteiger partial charge in [0.15, 0.2) is 28.1 Å². The van der Waals surface area contributed by atoms with Crippen molar-refractivity contribution in [3.8, 4) is 19.7 Å². The van der Waals surface area contributed by atoms with Gasteiger partial charge in [-0.3, -0.25) is 0 Å². The quantitative estimate of drug-likeness (QED) is 0.0881. The zero-order chi connectivity index (χ0) is 32.1. The van der Waals surface area contributed by atoms with E-state index >= 15 is 0 Å². The molecule has 0 atom stereocenters. The molecule has 0 aromatic heterocycles. The summed E-state index contributed by atoms with van der Waals surface area (Å²) in [5.41, 5.74) is -11.3. The van der Waals surface area contributed by atoms with Gasteiger partial charge in [0.05, 0.1) is 0 Å². The van der Waals surface area contributed by atoms with Gasteiger partial charge in [0, 0.05) is 12.8 Å². The van der Waals surface area contributed by atoms with Crippen LogP contribution in [0.25, 0.3) is 0 Å². The maximum atomic E-state index is 10.7. The summed E-state index contributed by atoms with van der Waals surface area (Å²) < 4.78 is 127. The molecule has 42 heavy (non-hydrogen) atoms. The van der Waals surface area contributed by atoms with E-state index in [1.165, 1.54) is 45.7 Å². The molecule has 0 bridgehead atoms. The van der Waals surface area contributed by atoms with Crippen molar-refractivity contribution < 1.29 is 94.7 Å². The highest BCUT2D eigenvalue weighted by atomic mass is 127. The highest BCUT2D eigenvalue weighted by Gasteiger charge is 2.37. The second-order valence-corrected chi connectivity index (χ2v) is 15.1. The first kappa shape index (κ1) is 40.4. The van der Waals surface area contributed by atoms with Gasteiger partial charge in [-0.25, -0.2) is 16.8 Å². The monoisotopic (exact) mass is 866 g/mol. The summed E-state index contributed by atoms with van der Waals surface area (Å²) in [4.78, 5) is 0. The Labute approximate surface area is 263 Å². The Morgan fingerprint density at radius 3 is 1.07 bits per heavy atom. The van der Waals surface area contributed by atoms with Crippen LogP contribution in [0.4, 0.5) is 26.3 Å². The Morgan fingerprint density at radius 1 is 0.548 bits per heavy atom. The largest absolute Gasteiger partial charge is 0.741 e. The topological polar surface area (TPSA) is 114 Å². The maximum Gasteiger partial charge on any atom is 0.485 e. The molecule has 0 aliphatic heterocycles. The highest BCUT2D eigenvalue weighted by Crippen LogP contribution is 2.21. The molecule has 2 aromatic rings. The minimum absolute atomic E-state index is 0.100. The van der Waals surface area contributed by atoms with Gasteiger partial charge in [-0.05, 0) is 48.9 Å². The standard InChI is InChI=1S/C24H26I2.2CHF3O3S/c1(3-5-7-15-21-25-23-17-11-9-12-18-23)2-4-6-8-16-22-26-24-19-13-10-14-20-24;2*2-1(3,4)8(5,6)7/h9-14,17-20H,1-8H2;2*(H,5,6,7)/q+2;;/p-2. The van der Waals surface area contributed by atoms with Crippen molar-refractivity contribution in [2.24, 2.45) is 0 Å². The minimum Gasteiger partial charge on any atom is -0.741 e. The fourth-order valence-corrected chi connectivity index (χ4v) is 5.45. The lowest BCUT2D eigenvalue weighted by Crippen LogP contribution is -3.59. The van der Waals surface area contributed by atoms with E-state index in [-0.39, 0.29) is 42.4 Å². The first-order chi connectivity index (χ1) is 19.4. The molecule has 0 saturated heterocycles. The molecular weight excluding hydrogens is 840 g/mol. The van der Waals surface area contributed by atoms with Crippen molar-refractivity contribution in [3.05, 3.63) is 67.8 Å². The van der Waals surface area contributed by atoms with E-state index in [9.17, 15) is 26.3 Å². The molecule has 0 amide bonds. The molecule has 0 saturated carbocycles. The van der Waals surface area contributed by atoms with Crippen LogP contribution in [0.1, 0.15) is 51.4 Å². The van der Waals surface area contributed by atoms with E-state index < -0.39 is 31.3 Å². The van der Waals surface area contributed by atoms with Gasteiger partial charge in [-0.1, -0.05) is 62.1 Å². The Morgan fingerprint density at radius 2 is 0.810 bits per heavy atom. The molecule has 0 unspecified atom stereocenters. The smallest absolute Gasteiger partial charge is 0.485 e. The van der Waals surface area contributed by atoms with E-state index in [0.29, 0.717) is 0 Å². The third-order valence-electron chi connectivity index (χ3n) is 4.33. The number of halogens is 8. The third kappa shape index (κ3) is 22.0. The van der Waals surface area contributed by atoms with Gasteiger partial charge in [-0.15, -0.1) is 0 Å². The predicted octanol–water partition coefficient (Wildman–Crippen LogP) is 0.0494. The molecule has 6 nitrogen and oxygen atoms in total. The van der Waals surface area contributed by atoms with Crippen molar-refractivity contribution in [1.82, 2.24) is 0 Å². The SMILES string of the molecule is C(#C[I+]c1ccccc1)CCCCCCCCC#C[I+]c1ccccc1.O=S(=O)([O-])C(F)(F)F.O=S(=O)([O-])C(F)(F)F. The summed E-state index contributed by atoms with van der Waals surface area (Å²) >= 11 is -0.201. The molecule has 0 fully saturated rings. The molecule has 0 aliphatic carbocycles. The average Bonchev–Trinajstić information content (AvgIpc) is 2.88. The Hall–Kier alpha value is -1.58. The predicted molar refractivity (Wildman–Crippen MR) is 134 cm³/mol. The number of alkyl halides is 6. The average molecular weight is 866 g/mol. The van der Waals surface area contributed by atoms with Crippen LogP contribution in [-0.4, -0.2) is 37.0 Å². The molecule has 234 valence electrons. The molecule has 0 spiro atoms. The van der Waals surface area contributed by atoms with Crippen LogP contribution in [0.15, 0.2) is 60.7 Å². The van der Waals surface area contributed by atoms with Gasteiger partial charge in [-0.2, -0.15) is 26.3 Å². The van der Waals surface area contributed by atoms with Crippen LogP contribution in [0, 0.1) is 26.8 Å². The Kier molecular flexibility index (Phi) is 20.4. The Balaban J connectivity index is 0.000000861. The molecule has 0 aliphatic rings. The molecular formula is C26H26F6I2O6S2. The number of hydrogen-bond acceptors (Lipinski definition) is 6. The molecule has 0 heterocycles. The maximum absolute atomic E-state index is 10.7. The lowest BCUT2D eigenvalue weighted by atomic mass is 10.1. The molecule has 2 rings (SSSR count). The fraction of sp³-hybridized carbons (Fsp3) is 0.385. The van der Waals surface area contributed by atoms with Crippen LogP contribution < -0.4 is 42.4 Å². The normalized spacial score (nSPS) is 11.3. The van der Waals surface area contributed by atoms with Crippen LogP contribution in [0.3, 0.4) is 0 Å². The summed E-state index contributed by atoms with van der Waals surface area (Å²) in [5, 5.41) is 0. The van der Waals surface area contributed by atoms with E-state index in [0.717, 1.165) is 12.8 Å². The third-order valence-corrected chi connectivity index (χ3v) is 9.45. The van der Waals surface area contributed by atoms with Gasteiger partial charge in [0.2, 0.25) is 7.14 Å². The van der Waals surface area contributed by atoms with E-state index in [1.807, 2.05) is 0 Å². The fourth-order valence-electron chi connectivity index (χ4n) is 2.36. The van der Waals surface area contributed by atoms with Crippen molar-refractivity contribution in [1.29, 1.82) is 0 Å². The highest BCUT2D eigenvalue weighted by molar-refractivity contribution is 7.86. The van der Waals surface area contributed by atoms with E-state index in [2.05, 4.69) is 80.4 Å². The van der Waals surface area contributed by atoms with Crippen LogP contribution in [-0.2, 0) is 20.2 Å². The summed E-state index contributed by atoms with van der Waals surface area (Å²) in [6.07, 6.45) is 9.99. The first-order valence-electron chi connectivity index (χ1n) is 11.8. The van der Waals surface area contributed by atoms with Gasteiger partial charge in [0.1, 0.15) is 0 Å². The zero-order valence-electron chi connectivity index (χ0n) is 21.7. The van der Waals surface area contributed by atoms with Crippen molar-refractivity contribution in [3.63, 3.8) is 0 Å². The van der Waals surface area contributed by atoms with Crippen LogP contribution in [0.2, 0.25) is 0 Å². The molecule has 16 heteroatoms. The second kappa shape index (κ2) is 21.2. The summed E-state index contributed by atoms with van der Waals surface area (Å²) in [6.45, 7) is 0. The number of unbranched alkanes of at least 4 members (excludes halogenated alkanes) is 7. The van der Waals surface area contributed by atoms with Gasteiger partial charge < -0.3 is 9.11 Å². The minimum atomic E-state index is -6.09. The second-order valence-electron chi connectivity index (χ2n) is 7.74. The zero-order valence-corrected chi connectivity index (χ0v) is 27.7. The van der Waals surface area contributed by atoms with Crippen molar-refractivity contribution in [2.45, 2.75) is 62.4 Å². The summed E-state index contributed by atoms with van der Waals surface area (Å²) in [5.74, 6) is 6.71. The van der Waals surface area contributed by atoms with Gasteiger partial charge >= 0.3 is 53.4 Å².